The zero-order valence-corrected chi connectivity index (χ0v) is 20.8. The van der Waals surface area contributed by atoms with Gasteiger partial charge in [-0.1, -0.05) is 17.2 Å². The van der Waals surface area contributed by atoms with Crippen LogP contribution in [0.2, 0.25) is 0 Å². The maximum absolute atomic E-state index is 11.9. The highest BCUT2D eigenvalue weighted by Crippen LogP contribution is 2.33. The molecule has 0 atom stereocenters. The summed E-state index contributed by atoms with van der Waals surface area (Å²) in [6.45, 7) is 1.12. The lowest BCUT2D eigenvalue weighted by molar-refractivity contribution is -0.384. The molecular weight excluding hydrogens is 494 g/mol. The molecule has 196 valence electrons. The van der Waals surface area contributed by atoms with Gasteiger partial charge in [0.25, 0.3) is 5.69 Å². The van der Waals surface area contributed by atoms with E-state index in [1.807, 2.05) is 24.1 Å². The Kier molecular flexibility index (Phi) is 9.96. The van der Waals surface area contributed by atoms with Gasteiger partial charge in [-0.05, 0) is 53.9 Å². The summed E-state index contributed by atoms with van der Waals surface area (Å²) in [5, 5.41) is 22.7. The molecule has 38 heavy (non-hydrogen) atoms. The molecule has 0 radical (unpaired) electrons. The van der Waals surface area contributed by atoms with E-state index in [1.165, 1.54) is 24.3 Å². The third kappa shape index (κ3) is 8.21. The van der Waals surface area contributed by atoms with Gasteiger partial charge in [0.2, 0.25) is 0 Å². The highest BCUT2D eigenvalue weighted by molar-refractivity contribution is 5.64. The summed E-state index contributed by atoms with van der Waals surface area (Å²) >= 11 is 0. The van der Waals surface area contributed by atoms with Crippen LogP contribution in [-0.2, 0) is 11.3 Å². The van der Waals surface area contributed by atoms with Crippen molar-refractivity contribution in [3.8, 4) is 11.5 Å². The van der Waals surface area contributed by atoms with E-state index in [0.717, 1.165) is 12.1 Å². The molecule has 13 nitrogen and oxygen atoms in total. The fourth-order valence-corrected chi connectivity index (χ4v) is 3.21. The van der Waals surface area contributed by atoms with Crippen molar-refractivity contribution >= 4 is 28.9 Å². The van der Waals surface area contributed by atoms with Crippen LogP contribution in [0.4, 0.5) is 27.5 Å². The summed E-state index contributed by atoms with van der Waals surface area (Å²) in [7, 11) is 3.49. The third-order valence-corrected chi connectivity index (χ3v) is 5.23. The van der Waals surface area contributed by atoms with Crippen molar-refractivity contribution in [2.45, 2.75) is 13.0 Å². The molecule has 3 aromatic carbocycles. The summed E-state index contributed by atoms with van der Waals surface area (Å²) in [6.07, 6.45) is -0.203. The number of nitro groups is 1. The Labute approximate surface area is 218 Å². The summed E-state index contributed by atoms with van der Waals surface area (Å²) in [4.78, 5) is 26.8. The molecule has 0 amide bonds. The number of non-ortho nitro benzene ring substituents is 1. The Morgan fingerprint density at radius 1 is 1.08 bits per heavy atom. The van der Waals surface area contributed by atoms with E-state index < -0.39 is 11.1 Å². The Morgan fingerprint density at radius 3 is 2.47 bits per heavy atom. The summed E-state index contributed by atoms with van der Waals surface area (Å²) in [5.74, 6) is 0.696. The molecule has 0 aliphatic heterocycles. The van der Waals surface area contributed by atoms with Crippen LogP contribution in [0.5, 0.6) is 11.5 Å². The van der Waals surface area contributed by atoms with Crippen molar-refractivity contribution in [3.05, 3.63) is 92.9 Å². The van der Waals surface area contributed by atoms with Gasteiger partial charge in [0.15, 0.2) is 0 Å². The molecule has 13 heteroatoms. The number of methoxy groups -OCH3 is 1. The zero-order valence-electron chi connectivity index (χ0n) is 20.8. The van der Waals surface area contributed by atoms with Gasteiger partial charge < -0.3 is 19.1 Å². The number of nitro benzene ring substituents is 1. The highest BCUT2D eigenvalue weighted by Gasteiger charge is 2.10. The van der Waals surface area contributed by atoms with Gasteiger partial charge in [-0.3, -0.25) is 10.1 Å². The predicted molar refractivity (Wildman–Crippen MR) is 139 cm³/mol. The number of azide groups is 1. The molecule has 0 unspecified atom stereocenters. The van der Waals surface area contributed by atoms with E-state index in [2.05, 4.69) is 20.3 Å². The number of rotatable bonds is 12. The van der Waals surface area contributed by atoms with Crippen molar-refractivity contribution in [2.75, 3.05) is 32.1 Å². The number of carbonyl (C=O) groups excluding carboxylic acids is 1. The van der Waals surface area contributed by atoms with Crippen molar-refractivity contribution in [1.29, 1.82) is 0 Å². The van der Waals surface area contributed by atoms with Crippen molar-refractivity contribution in [2.24, 2.45) is 15.3 Å². The molecule has 0 fully saturated rings. The Balaban J connectivity index is 1.53. The fourth-order valence-electron chi connectivity index (χ4n) is 3.21. The number of carbonyl (C=O) groups is 1. The molecule has 0 saturated heterocycles. The van der Waals surface area contributed by atoms with Crippen LogP contribution in [0.1, 0.15) is 12.0 Å². The quantitative estimate of drug-likeness (QED) is 0.0368. The van der Waals surface area contributed by atoms with E-state index >= 15 is 0 Å². The van der Waals surface area contributed by atoms with Crippen LogP contribution >= 0.6 is 0 Å². The summed E-state index contributed by atoms with van der Waals surface area (Å²) in [5.41, 5.74) is 11.0. The average Bonchev–Trinajstić information content (AvgIpc) is 2.93. The molecular formula is C25H25N7O6. The SMILES string of the molecule is COc1cc(N(C)CCCN=[N+]=[N-])ccc1N=Nc1ccc(COC(=O)Oc2ccc([N+](=O)[O-])cc2)cc1. The second-order valence-corrected chi connectivity index (χ2v) is 7.84. The first kappa shape index (κ1) is 27.4. The van der Waals surface area contributed by atoms with Crippen LogP contribution in [0.25, 0.3) is 10.4 Å². The first-order valence-corrected chi connectivity index (χ1v) is 11.4. The smallest absolute Gasteiger partial charge is 0.494 e. The summed E-state index contributed by atoms with van der Waals surface area (Å²) < 4.78 is 15.6. The average molecular weight is 520 g/mol. The number of ether oxygens (including phenoxy) is 3. The van der Waals surface area contributed by atoms with E-state index in [9.17, 15) is 14.9 Å². The number of nitrogens with zero attached hydrogens (tertiary/aromatic N) is 7. The maximum atomic E-state index is 11.9. The van der Waals surface area contributed by atoms with Gasteiger partial charge in [-0.25, -0.2) is 4.79 Å². The number of anilines is 1. The van der Waals surface area contributed by atoms with Crippen molar-refractivity contribution < 1.29 is 23.9 Å². The van der Waals surface area contributed by atoms with Gasteiger partial charge in [0, 0.05) is 48.9 Å². The first-order valence-electron chi connectivity index (χ1n) is 11.4. The molecule has 3 rings (SSSR count). The lowest BCUT2D eigenvalue weighted by Crippen LogP contribution is -2.19. The Morgan fingerprint density at radius 2 is 1.82 bits per heavy atom. The highest BCUT2D eigenvalue weighted by atomic mass is 16.7. The van der Waals surface area contributed by atoms with Gasteiger partial charge in [-0.2, -0.15) is 5.11 Å². The predicted octanol–water partition coefficient (Wildman–Crippen LogP) is 6.87. The topological polar surface area (TPSA) is 165 Å². The molecule has 0 saturated carbocycles. The van der Waals surface area contributed by atoms with Crippen LogP contribution in [0, 0.1) is 10.1 Å². The molecule has 0 aliphatic carbocycles. The number of benzene rings is 3. The van der Waals surface area contributed by atoms with Crippen molar-refractivity contribution in [1.82, 2.24) is 0 Å². The maximum Gasteiger partial charge on any atom is 0.514 e. The number of azo groups is 1. The van der Waals surface area contributed by atoms with E-state index in [0.29, 0.717) is 35.8 Å². The molecule has 3 aromatic rings. The van der Waals surface area contributed by atoms with Gasteiger partial charge in [0.05, 0.1) is 17.7 Å². The number of hydrogen-bond acceptors (Lipinski definition) is 10. The molecule has 0 heterocycles. The minimum atomic E-state index is -0.931. The van der Waals surface area contributed by atoms with Gasteiger partial charge in [0.1, 0.15) is 23.8 Å². The second kappa shape index (κ2) is 13.8. The van der Waals surface area contributed by atoms with E-state index in [1.54, 1.807) is 37.4 Å². The molecule has 0 aromatic heterocycles. The molecule has 0 spiro atoms. The second-order valence-electron chi connectivity index (χ2n) is 7.84. The lowest BCUT2D eigenvalue weighted by Gasteiger charge is -2.19. The van der Waals surface area contributed by atoms with Crippen LogP contribution in [-0.4, -0.2) is 38.3 Å². The minimum Gasteiger partial charge on any atom is -0.494 e. The van der Waals surface area contributed by atoms with Crippen LogP contribution in [0.15, 0.2) is 82.1 Å². The first-order chi connectivity index (χ1) is 18.4. The lowest BCUT2D eigenvalue weighted by atomic mass is 10.2. The molecule has 0 bridgehead atoms. The van der Waals surface area contributed by atoms with Crippen LogP contribution < -0.4 is 14.4 Å². The minimum absolute atomic E-state index is 0.0328. The fraction of sp³-hybridized carbons (Fsp3) is 0.240. The van der Waals surface area contributed by atoms with E-state index in [-0.39, 0.29) is 18.0 Å². The Bertz CT molecular complexity index is 1320. The van der Waals surface area contributed by atoms with Gasteiger partial charge in [-0.15, -0.1) is 5.11 Å². The van der Waals surface area contributed by atoms with Gasteiger partial charge >= 0.3 is 6.16 Å². The number of hydrogen-bond donors (Lipinski definition) is 0. The van der Waals surface area contributed by atoms with Crippen LogP contribution in [0.3, 0.4) is 0 Å². The summed E-state index contributed by atoms with van der Waals surface area (Å²) in [6, 6.07) is 17.6. The van der Waals surface area contributed by atoms with Crippen molar-refractivity contribution in [3.63, 3.8) is 0 Å². The normalized spacial score (nSPS) is 10.5. The Hall–Kier alpha value is -5.16. The van der Waals surface area contributed by atoms with E-state index in [4.69, 9.17) is 19.7 Å². The zero-order chi connectivity index (χ0) is 27.3. The molecule has 0 aliphatic rings. The monoisotopic (exact) mass is 519 g/mol. The largest absolute Gasteiger partial charge is 0.514 e. The standard InChI is InChI=1S/C25H25N7O6/c1-31(15-3-14-27-30-26)21-10-13-23(24(16-21)36-2)29-28-19-6-4-18(5-7-19)17-37-25(33)38-22-11-8-20(9-12-22)32(34)35/h4-13,16H,3,14-15,17H2,1-2H3. The molecule has 0 N–H and O–H groups in total. The third-order valence-electron chi connectivity index (χ3n) is 5.23.